The predicted molar refractivity (Wildman–Crippen MR) is 75.2 cm³/mol. The smallest absolute Gasteiger partial charge is 0.351 e. The van der Waals surface area contributed by atoms with Crippen LogP contribution in [0.25, 0.3) is 0 Å². The van der Waals surface area contributed by atoms with Crippen LogP contribution in [0.15, 0.2) is 12.1 Å². The Morgan fingerprint density at radius 1 is 1.29 bits per heavy atom. The lowest BCUT2D eigenvalue weighted by Crippen LogP contribution is -2.46. The third-order valence-corrected chi connectivity index (χ3v) is 3.67. The molecule has 21 heavy (non-hydrogen) atoms. The maximum atomic E-state index is 12.5. The molecule has 0 saturated carbocycles. The first kappa shape index (κ1) is 16.0. The maximum absolute atomic E-state index is 12.5. The average molecular weight is 302 g/mol. The van der Waals surface area contributed by atoms with E-state index in [0.717, 1.165) is 51.4 Å². The van der Waals surface area contributed by atoms with Crippen LogP contribution in [0.5, 0.6) is 0 Å². The Morgan fingerprint density at radius 2 is 2.10 bits per heavy atom. The Morgan fingerprint density at radius 3 is 2.71 bits per heavy atom. The summed E-state index contributed by atoms with van der Waals surface area (Å²) in [6.45, 7) is 4.70. The molecule has 4 nitrogen and oxygen atoms in total. The van der Waals surface area contributed by atoms with Crippen LogP contribution in [0.4, 0.5) is 19.0 Å². The summed E-state index contributed by atoms with van der Waals surface area (Å²) in [7, 11) is 0. The Bertz CT molecular complexity index is 433. The van der Waals surface area contributed by atoms with E-state index in [9.17, 15) is 13.2 Å². The van der Waals surface area contributed by atoms with Gasteiger partial charge in [0.2, 0.25) is 0 Å². The summed E-state index contributed by atoms with van der Waals surface area (Å²) < 4.78 is 37.6. The molecule has 0 spiro atoms. The van der Waals surface area contributed by atoms with Crippen molar-refractivity contribution in [1.82, 2.24) is 15.5 Å². The van der Waals surface area contributed by atoms with Crippen molar-refractivity contribution in [1.29, 1.82) is 0 Å². The topological polar surface area (TPSA) is 41.0 Å². The van der Waals surface area contributed by atoms with Gasteiger partial charge in [0.05, 0.1) is 0 Å². The van der Waals surface area contributed by atoms with Crippen LogP contribution >= 0.6 is 0 Å². The van der Waals surface area contributed by atoms with E-state index in [1.165, 1.54) is 6.07 Å². The summed E-state index contributed by atoms with van der Waals surface area (Å²) >= 11 is 0. The van der Waals surface area contributed by atoms with E-state index in [4.69, 9.17) is 0 Å². The van der Waals surface area contributed by atoms with Crippen molar-refractivity contribution < 1.29 is 13.2 Å². The van der Waals surface area contributed by atoms with Gasteiger partial charge in [0.1, 0.15) is 0 Å². The first-order chi connectivity index (χ1) is 10.0. The fraction of sp³-hybridized carbons (Fsp3) is 0.714. The zero-order chi connectivity index (χ0) is 15.3. The summed E-state index contributed by atoms with van der Waals surface area (Å²) in [6.07, 6.45) is -0.169. The molecule has 1 fully saturated rings. The Labute approximate surface area is 122 Å². The number of alkyl halides is 3. The molecule has 0 radical (unpaired) electrons. The van der Waals surface area contributed by atoms with Gasteiger partial charge in [-0.1, -0.05) is 6.92 Å². The Balaban J connectivity index is 2.06. The minimum atomic E-state index is -4.44. The normalized spacial score (nSPS) is 19.8. The van der Waals surface area contributed by atoms with Gasteiger partial charge in [-0.15, -0.1) is 10.2 Å². The van der Waals surface area contributed by atoms with Gasteiger partial charge < -0.3 is 10.2 Å². The zero-order valence-electron chi connectivity index (χ0n) is 12.2. The van der Waals surface area contributed by atoms with Gasteiger partial charge in [-0.05, 0) is 44.4 Å². The van der Waals surface area contributed by atoms with Crippen molar-refractivity contribution in [2.45, 2.75) is 44.8 Å². The van der Waals surface area contributed by atoms with E-state index in [2.05, 4.69) is 27.3 Å². The van der Waals surface area contributed by atoms with Crippen molar-refractivity contribution in [3.63, 3.8) is 0 Å². The molecular weight excluding hydrogens is 281 g/mol. The summed E-state index contributed by atoms with van der Waals surface area (Å²) in [5.74, 6) is 0.533. The highest BCUT2D eigenvalue weighted by Gasteiger charge is 2.33. The fourth-order valence-electron chi connectivity index (χ4n) is 2.59. The van der Waals surface area contributed by atoms with Crippen molar-refractivity contribution in [3.8, 4) is 0 Å². The van der Waals surface area contributed by atoms with Crippen LogP contribution < -0.4 is 10.2 Å². The van der Waals surface area contributed by atoms with Gasteiger partial charge >= 0.3 is 6.18 Å². The lowest BCUT2D eigenvalue weighted by Gasteiger charge is -2.36. The summed E-state index contributed by atoms with van der Waals surface area (Å²) in [5.41, 5.74) is -0.941. The number of hydrogen-bond donors (Lipinski definition) is 1. The number of nitrogens with one attached hydrogen (secondary N) is 1. The number of aromatic nitrogens is 2. The highest BCUT2D eigenvalue weighted by Crippen LogP contribution is 2.28. The van der Waals surface area contributed by atoms with E-state index in [0.29, 0.717) is 5.82 Å². The van der Waals surface area contributed by atoms with Crippen molar-refractivity contribution in [3.05, 3.63) is 17.8 Å². The van der Waals surface area contributed by atoms with E-state index in [1.807, 2.05) is 0 Å². The SMILES string of the molecule is CCCNCC1CCCCN1c1ccc(C(F)(F)F)nn1. The summed E-state index contributed by atoms with van der Waals surface area (Å²) in [6, 6.07) is 2.71. The highest BCUT2D eigenvalue weighted by atomic mass is 19.4. The number of rotatable bonds is 5. The molecular formula is C14H21F3N4. The van der Waals surface area contributed by atoms with Crippen molar-refractivity contribution >= 4 is 5.82 Å². The molecule has 1 aromatic rings. The van der Waals surface area contributed by atoms with E-state index < -0.39 is 11.9 Å². The van der Waals surface area contributed by atoms with Crippen LogP contribution in [0, 0.1) is 0 Å². The average Bonchev–Trinajstić information content (AvgIpc) is 2.47. The molecule has 1 aliphatic rings. The Hall–Kier alpha value is -1.37. The molecule has 1 saturated heterocycles. The molecule has 118 valence electrons. The maximum Gasteiger partial charge on any atom is 0.435 e. The first-order valence-corrected chi connectivity index (χ1v) is 7.40. The van der Waals surface area contributed by atoms with Crippen molar-refractivity contribution in [2.75, 3.05) is 24.5 Å². The monoisotopic (exact) mass is 302 g/mol. The fourth-order valence-corrected chi connectivity index (χ4v) is 2.59. The molecule has 1 unspecified atom stereocenters. The minimum Gasteiger partial charge on any atom is -0.351 e. The largest absolute Gasteiger partial charge is 0.435 e. The molecule has 1 N–H and O–H groups in total. The number of hydrogen-bond acceptors (Lipinski definition) is 4. The van der Waals surface area contributed by atoms with Crippen molar-refractivity contribution in [2.24, 2.45) is 0 Å². The van der Waals surface area contributed by atoms with Gasteiger partial charge in [-0.3, -0.25) is 0 Å². The van der Waals surface area contributed by atoms with Crippen LogP contribution in [0.1, 0.15) is 38.3 Å². The molecule has 0 amide bonds. The van der Waals surface area contributed by atoms with E-state index in [-0.39, 0.29) is 6.04 Å². The number of halogens is 3. The highest BCUT2D eigenvalue weighted by molar-refractivity contribution is 5.39. The predicted octanol–water partition coefficient (Wildman–Crippen LogP) is 2.85. The second kappa shape index (κ2) is 7.06. The second-order valence-corrected chi connectivity index (χ2v) is 5.32. The molecule has 2 rings (SSSR count). The molecule has 7 heteroatoms. The number of anilines is 1. The molecule has 1 aliphatic heterocycles. The minimum absolute atomic E-state index is 0.274. The molecule has 0 aromatic carbocycles. The molecule has 0 aliphatic carbocycles. The van der Waals surface area contributed by atoms with E-state index >= 15 is 0 Å². The van der Waals surface area contributed by atoms with Gasteiger partial charge in [0, 0.05) is 19.1 Å². The van der Waals surface area contributed by atoms with Crippen LogP contribution in [-0.4, -0.2) is 35.9 Å². The molecule has 0 bridgehead atoms. The Kier molecular flexibility index (Phi) is 5.39. The molecule has 2 heterocycles. The van der Waals surface area contributed by atoms with E-state index in [1.54, 1.807) is 0 Å². The summed E-state index contributed by atoms with van der Waals surface area (Å²) in [5, 5.41) is 10.5. The molecule has 1 aromatic heterocycles. The van der Waals surface area contributed by atoms with Crippen LogP contribution in [0.2, 0.25) is 0 Å². The van der Waals surface area contributed by atoms with Gasteiger partial charge in [-0.25, -0.2) is 0 Å². The molecule has 1 atom stereocenters. The quantitative estimate of drug-likeness (QED) is 0.849. The first-order valence-electron chi connectivity index (χ1n) is 7.40. The third kappa shape index (κ3) is 4.30. The van der Waals surface area contributed by atoms with Gasteiger partial charge in [-0.2, -0.15) is 13.2 Å². The van der Waals surface area contributed by atoms with Gasteiger partial charge in [0.15, 0.2) is 11.5 Å². The number of nitrogens with zero attached hydrogens (tertiary/aromatic N) is 3. The zero-order valence-corrected chi connectivity index (χ0v) is 12.2. The summed E-state index contributed by atoms with van der Waals surface area (Å²) in [4.78, 5) is 2.07. The standard InChI is InChI=1S/C14H21F3N4/c1-2-8-18-10-11-5-3-4-9-21(11)13-7-6-12(19-20-13)14(15,16)17/h6-7,11,18H,2-5,8-10H2,1H3. The third-order valence-electron chi connectivity index (χ3n) is 3.67. The number of piperidine rings is 1. The lowest BCUT2D eigenvalue weighted by atomic mass is 10.0. The van der Waals surface area contributed by atoms with Crippen LogP contribution in [0.3, 0.4) is 0 Å². The van der Waals surface area contributed by atoms with Crippen LogP contribution in [-0.2, 0) is 6.18 Å². The second-order valence-electron chi connectivity index (χ2n) is 5.32. The van der Waals surface area contributed by atoms with Gasteiger partial charge in [0.25, 0.3) is 0 Å². The lowest BCUT2D eigenvalue weighted by molar-refractivity contribution is -0.141.